The molecule has 1 nitrogen and oxygen atoms in total. The Balaban J connectivity index is 2.34. The normalized spacial score (nSPS) is 12.4. The Bertz CT molecular complexity index is 537. The molecule has 0 saturated heterocycles. The molecule has 0 saturated carbocycles. The van der Waals surface area contributed by atoms with Gasteiger partial charge in [0, 0.05) is 10.5 Å². The average Bonchev–Trinajstić information content (AvgIpc) is 2.41. The van der Waals surface area contributed by atoms with Gasteiger partial charge in [0.2, 0.25) is 0 Å². The fourth-order valence-electron chi connectivity index (χ4n) is 1.84. The third-order valence-corrected chi connectivity index (χ3v) is 3.62. The van der Waals surface area contributed by atoms with Gasteiger partial charge in [-0.25, -0.2) is 4.39 Å². The van der Waals surface area contributed by atoms with E-state index in [1.807, 2.05) is 37.4 Å². The molecule has 0 amide bonds. The summed E-state index contributed by atoms with van der Waals surface area (Å²) >= 11 is 1.63. The number of rotatable bonds is 3. The van der Waals surface area contributed by atoms with Gasteiger partial charge < -0.3 is 5.11 Å². The number of aliphatic hydroxyl groups excluding tert-OH is 1. The van der Waals surface area contributed by atoms with Crippen molar-refractivity contribution in [3.8, 4) is 0 Å². The zero-order valence-electron chi connectivity index (χ0n) is 10.4. The van der Waals surface area contributed by atoms with E-state index < -0.39 is 6.10 Å². The maximum Gasteiger partial charge on any atom is 0.129 e. The molecule has 94 valence electrons. The lowest BCUT2D eigenvalue weighted by atomic mass is 9.99. The number of aliphatic hydroxyl groups is 1. The minimum absolute atomic E-state index is 0.326. The van der Waals surface area contributed by atoms with E-state index in [1.54, 1.807) is 23.9 Å². The van der Waals surface area contributed by atoms with E-state index in [9.17, 15) is 9.50 Å². The lowest BCUT2D eigenvalue weighted by Gasteiger charge is -2.13. The molecule has 1 N–H and O–H groups in total. The Morgan fingerprint density at radius 1 is 1.11 bits per heavy atom. The summed E-state index contributed by atoms with van der Waals surface area (Å²) in [5.41, 5.74) is 1.97. The highest BCUT2D eigenvalue weighted by atomic mass is 32.2. The van der Waals surface area contributed by atoms with Gasteiger partial charge in [0.05, 0.1) is 0 Å². The zero-order chi connectivity index (χ0) is 13.1. The van der Waals surface area contributed by atoms with E-state index in [4.69, 9.17) is 0 Å². The fraction of sp³-hybridized carbons (Fsp3) is 0.200. The third-order valence-electron chi connectivity index (χ3n) is 2.88. The van der Waals surface area contributed by atoms with Crippen molar-refractivity contribution in [3.05, 3.63) is 65.0 Å². The topological polar surface area (TPSA) is 20.2 Å². The van der Waals surface area contributed by atoms with Crippen LogP contribution >= 0.6 is 11.8 Å². The van der Waals surface area contributed by atoms with Gasteiger partial charge in [-0.05, 0) is 36.9 Å². The van der Waals surface area contributed by atoms with Crippen LogP contribution in [-0.2, 0) is 0 Å². The molecule has 0 fully saturated rings. The number of halogens is 1. The minimum Gasteiger partial charge on any atom is -0.384 e. The smallest absolute Gasteiger partial charge is 0.129 e. The summed E-state index contributed by atoms with van der Waals surface area (Å²) in [4.78, 5) is 1.12. The van der Waals surface area contributed by atoms with Crippen LogP contribution in [0.2, 0.25) is 0 Å². The van der Waals surface area contributed by atoms with Gasteiger partial charge in [-0.1, -0.05) is 29.8 Å². The Morgan fingerprint density at radius 2 is 1.78 bits per heavy atom. The lowest BCUT2D eigenvalue weighted by molar-refractivity contribution is 0.215. The van der Waals surface area contributed by atoms with Gasteiger partial charge in [-0.3, -0.25) is 0 Å². The molecule has 18 heavy (non-hydrogen) atoms. The maximum atomic E-state index is 13.7. The first kappa shape index (κ1) is 13.1. The highest BCUT2D eigenvalue weighted by Crippen LogP contribution is 2.26. The van der Waals surface area contributed by atoms with Gasteiger partial charge in [0.1, 0.15) is 11.9 Å². The standard InChI is InChI=1S/C15H15FOS/c1-10-3-8-14(16)13(9-10)15(17)11-4-6-12(18-2)7-5-11/h3-9,15,17H,1-2H3. The number of aryl methyl sites for hydroxylation is 1. The first-order chi connectivity index (χ1) is 8.61. The van der Waals surface area contributed by atoms with Gasteiger partial charge in [-0.2, -0.15) is 0 Å². The predicted octanol–water partition coefficient (Wildman–Crippen LogP) is 3.94. The molecule has 0 heterocycles. The van der Waals surface area contributed by atoms with Crippen LogP contribution in [0.4, 0.5) is 4.39 Å². The highest BCUT2D eigenvalue weighted by molar-refractivity contribution is 7.98. The highest BCUT2D eigenvalue weighted by Gasteiger charge is 2.14. The van der Waals surface area contributed by atoms with Crippen molar-refractivity contribution in [2.45, 2.75) is 17.9 Å². The second kappa shape index (κ2) is 5.55. The van der Waals surface area contributed by atoms with Crippen LogP contribution in [0.1, 0.15) is 22.8 Å². The van der Waals surface area contributed by atoms with Crippen molar-refractivity contribution in [1.82, 2.24) is 0 Å². The molecule has 0 radical (unpaired) electrons. The molecule has 0 aliphatic heterocycles. The van der Waals surface area contributed by atoms with Crippen LogP contribution < -0.4 is 0 Å². The van der Waals surface area contributed by atoms with Gasteiger partial charge in [0.25, 0.3) is 0 Å². The molecule has 2 aromatic rings. The first-order valence-electron chi connectivity index (χ1n) is 5.70. The molecule has 1 unspecified atom stereocenters. The zero-order valence-corrected chi connectivity index (χ0v) is 11.2. The maximum absolute atomic E-state index is 13.7. The van der Waals surface area contributed by atoms with E-state index in [0.29, 0.717) is 11.1 Å². The molecule has 2 aromatic carbocycles. The van der Waals surface area contributed by atoms with Crippen LogP contribution in [0.15, 0.2) is 47.4 Å². The Morgan fingerprint density at radius 3 is 2.39 bits per heavy atom. The lowest BCUT2D eigenvalue weighted by Crippen LogP contribution is -2.03. The average molecular weight is 262 g/mol. The van der Waals surface area contributed by atoms with Gasteiger partial charge in [-0.15, -0.1) is 11.8 Å². The van der Waals surface area contributed by atoms with E-state index in [2.05, 4.69) is 0 Å². The molecular formula is C15H15FOS. The van der Waals surface area contributed by atoms with Crippen molar-refractivity contribution in [2.75, 3.05) is 6.26 Å². The van der Waals surface area contributed by atoms with Crippen molar-refractivity contribution in [2.24, 2.45) is 0 Å². The SMILES string of the molecule is CSc1ccc(C(O)c2cc(C)ccc2F)cc1. The quantitative estimate of drug-likeness (QED) is 0.845. The third kappa shape index (κ3) is 2.74. The summed E-state index contributed by atoms with van der Waals surface area (Å²) in [6, 6.07) is 12.3. The van der Waals surface area contributed by atoms with Gasteiger partial charge >= 0.3 is 0 Å². The summed E-state index contributed by atoms with van der Waals surface area (Å²) in [5.74, 6) is -0.373. The minimum atomic E-state index is -0.916. The van der Waals surface area contributed by atoms with Crippen LogP contribution in [0.5, 0.6) is 0 Å². The number of thioether (sulfide) groups is 1. The van der Waals surface area contributed by atoms with Crippen LogP contribution in [0.25, 0.3) is 0 Å². The number of hydrogen-bond donors (Lipinski definition) is 1. The summed E-state index contributed by atoms with van der Waals surface area (Å²) in [6.45, 7) is 1.88. The Labute approximate surface area is 111 Å². The fourth-order valence-corrected chi connectivity index (χ4v) is 2.25. The van der Waals surface area contributed by atoms with Crippen LogP contribution in [0, 0.1) is 12.7 Å². The molecular weight excluding hydrogens is 247 g/mol. The van der Waals surface area contributed by atoms with Crippen molar-refractivity contribution in [3.63, 3.8) is 0 Å². The number of benzene rings is 2. The molecule has 2 rings (SSSR count). The summed E-state index contributed by atoms with van der Waals surface area (Å²) in [5, 5.41) is 10.2. The molecule has 0 aliphatic rings. The molecule has 1 atom stereocenters. The first-order valence-corrected chi connectivity index (χ1v) is 6.92. The van der Waals surface area contributed by atoms with Gasteiger partial charge in [0.15, 0.2) is 0 Å². The van der Waals surface area contributed by atoms with Crippen molar-refractivity contribution < 1.29 is 9.50 Å². The number of hydrogen-bond acceptors (Lipinski definition) is 2. The second-order valence-corrected chi connectivity index (χ2v) is 5.08. The van der Waals surface area contributed by atoms with E-state index in [1.165, 1.54) is 6.07 Å². The second-order valence-electron chi connectivity index (χ2n) is 4.20. The molecule has 0 bridgehead atoms. The summed E-state index contributed by atoms with van der Waals surface area (Å²) < 4.78 is 13.7. The largest absolute Gasteiger partial charge is 0.384 e. The van der Waals surface area contributed by atoms with E-state index >= 15 is 0 Å². The van der Waals surface area contributed by atoms with Crippen LogP contribution in [0.3, 0.4) is 0 Å². The van der Waals surface area contributed by atoms with Crippen molar-refractivity contribution in [1.29, 1.82) is 0 Å². The molecule has 0 aliphatic carbocycles. The van der Waals surface area contributed by atoms with Crippen molar-refractivity contribution >= 4 is 11.8 Å². The Kier molecular flexibility index (Phi) is 4.04. The summed E-state index contributed by atoms with van der Waals surface area (Å²) in [6.07, 6.45) is 1.08. The summed E-state index contributed by atoms with van der Waals surface area (Å²) in [7, 11) is 0. The molecule has 3 heteroatoms. The molecule has 0 aromatic heterocycles. The monoisotopic (exact) mass is 262 g/mol. The predicted molar refractivity (Wildman–Crippen MR) is 73.4 cm³/mol. The van der Waals surface area contributed by atoms with E-state index in [-0.39, 0.29) is 5.82 Å². The Hall–Kier alpha value is -1.32. The van der Waals surface area contributed by atoms with E-state index in [0.717, 1.165) is 10.5 Å². The molecule has 0 spiro atoms. The van der Waals surface area contributed by atoms with Crippen LogP contribution in [-0.4, -0.2) is 11.4 Å².